The summed E-state index contributed by atoms with van der Waals surface area (Å²) < 4.78 is 12.3. The average Bonchev–Trinajstić information content (AvgIpc) is 3.97. The van der Waals surface area contributed by atoms with Gasteiger partial charge in [-0.2, -0.15) is 0 Å². The van der Waals surface area contributed by atoms with Crippen molar-refractivity contribution in [3.8, 4) is 11.5 Å². The van der Waals surface area contributed by atoms with E-state index in [1.165, 1.54) is 102 Å². The first-order chi connectivity index (χ1) is 33.8. The first-order valence-corrected chi connectivity index (χ1v) is 25.0. The molecule has 2 aromatic heterocycles. The maximum absolute atomic E-state index is 7.24. The van der Waals surface area contributed by atoms with Crippen LogP contribution in [0.4, 0.5) is 51.2 Å². The number of fused-ring (bicyclic) bond motifs is 16. The molecule has 12 aromatic rings. The standard InChI is InChI=1S/C60H35B2N3OS2/c1-4-18-36(19-5-1)63-45-28-14-12-26-41(45)61-44-32-43-46(33-47(44)65(38-22-8-3-9-23-38)59-55-39-24-10-16-30-51(39)67-53(55)34-48(63)57(59)61)64(37-20-6-2-7-21-37)49-35-54-56(40-25-11-17-31-52(40)68-54)60-58(49)62(43)42-27-13-15-29-50(42)66-60/h1-35H. The Morgan fingerprint density at radius 2 is 0.824 bits per heavy atom. The van der Waals surface area contributed by atoms with Crippen molar-refractivity contribution in [1.29, 1.82) is 0 Å². The van der Waals surface area contributed by atoms with E-state index in [9.17, 15) is 0 Å². The molecule has 0 saturated heterocycles. The van der Waals surface area contributed by atoms with Crippen LogP contribution >= 0.6 is 22.7 Å². The number of rotatable bonds is 3. The van der Waals surface area contributed by atoms with Crippen molar-refractivity contribution in [3.63, 3.8) is 0 Å². The van der Waals surface area contributed by atoms with Gasteiger partial charge in [0.15, 0.2) is 0 Å². The lowest BCUT2D eigenvalue weighted by Crippen LogP contribution is -2.64. The van der Waals surface area contributed by atoms with Crippen LogP contribution in [0, 0.1) is 0 Å². The Balaban J connectivity index is 1.08. The van der Waals surface area contributed by atoms with Crippen LogP contribution in [0.2, 0.25) is 0 Å². The van der Waals surface area contributed by atoms with Crippen molar-refractivity contribution in [3.05, 3.63) is 212 Å². The second kappa shape index (κ2) is 13.8. The highest BCUT2D eigenvalue weighted by Crippen LogP contribution is 2.53. The van der Waals surface area contributed by atoms with Crippen molar-refractivity contribution in [2.45, 2.75) is 0 Å². The van der Waals surface area contributed by atoms with Crippen LogP contribution in [0.3, 0.4) is 0 Å². The van der Waals surface area contributed by atoms with Gasteiger partial charge in [-0.15, -0.1) is 22.7 Å². The molecule has 0 unspecified atom stereocenters. The van der Waals surface area contributed by atoms with Gasteiger partial charge in [-0.3, -0.25) is 0 Å². The van der Waals surface area contributed by atoms with Gasteiger partial charge >= 0.3 is 0 Å². The van der Waals surface area contributed by atoms with E-state index in [1.807, 2.05) is 22.7 Å². The van der Waals surface area contributed by atoms with Crippen LogP contribution in [0.1, 0.15) is 0 Å². The molecular formula is C60H35B2N3OS2. The lowest BCUT2D eigenvalue weighted by atomic mass is 9.30. The van der Waals surface area contributed by atoms with Gasteiger partial charge in [0.1, 0.15) is 11.5 Å². The first kappa shape index (κ1) is 37.1. The third-order valence-corrected chi connectivity index (χ3v) is 17.1. The van der Waals surface area contributed by atoms with E-state index in [-0.39, 0.29) is 13.4 Å². The molecule has 10 aromatic carbocycles. The van der Waals surface area contributed by atoms with Gasteiger partial charge in [-0.1, -0.05) is 133 Å². The molecule has 4 aliphatic heterocycles. The monoisotopic (exact) mass is 899 g/mol. The minimum atomic E-state index is -0.0812. The van der Waals surface area contributed by atoms with Gasteiger partial charge in [0.2, 0.25) is 0 Å². The second-order valence-corrected chi connectivity index (χ2v) is 20.5. The lowest BCUT2D eigenvalue weighted by Gasteiger charge is -2.46. The molecule has 0 fully saturated rings. The summed E-state index contributed by atoms with van der Waals surface area (Å²) in [5.41, 5.74) is 18.2. The van der Waals surface area contributed by atoms with Crippen LogP contribution in [-0.2, 0) is 0 Å². The average molecular weight is 900 g/mol. The summed E-state index contributed by atoms with van der Waals surface area (Å²) in [6.07, 6.45) is 0. The summed E-state index contributed by atoms with van der Waals surface area (Å²) in [7, 11) is 0. The number of hydrogen-bond donors (Lipinski definition) is 0. The molecule has 8 heteroatoms. The number of thiophene rings is 2. The lowest BCUT2D eigenvalue weighted by molar-refractivity contribution is 0.493. The summed E-state index contributed by atoms with van der Waals surface area (Å²) >= 11 is 3.74. The smallest absolute Gasteiger partial charge is 0.256 e. The highest BCUT2D eigenvalue weighted by Gasteiger charge is 2.49. The molecule has 6 heterocycles. The molecule has 0 saturated carbocycles. The molecule has 0 bridgehead atoms. The molecule has 16 rings (SSSR count). The molecule has 4 aliphatic rings. The van der Waals surface area contributed by atoms with Crippen molar-refractivity contribution in [2.24, 2.45) is 0 Å². The summed E-state index contributed by atoms with van der Waals surface area (Å²) in [4.78, 5) is 7.66. The van der Waals surface area contributed by atoms with Gasteiger partial charge in [0.05, 0.1) is 5.69 Å². The molecule has 0 atom stereocenters. The van der Waals surface area contributed by atoms with E-state index in [1.54, 1.807) is 0 Å². The number of ether oxygens (including phenoxy) is 1. The third kappa shape index (κ3) is 4.90. The molecule has 4 nitrogen and oxygen atoms in total. The van der Waals surface area contributed by atoms with Crippen LogP contribution in [-0.4, -0.2) is 13.4 Å². The number of para-hydroxylation sites is 5. The minimum absolute atomic E-state index is 0.0658. The minimum Gasteiger partial charge on any atom is -0.458 e. The fraction of sp³-hybridized carbons (Fsp3) is 0. The summed E-state index contributed by atoms with van der Waals surface area (Å²) in [5.74, 6) is 1.89. The van der Waals surface area contributed by atoms with E-state index in [2.05, 4.69) is 227 Å². The Hall–Kier alpha value is -8.03. The number of anilines is 9. The van der Waals surface area contributed by atoms with Gasteiger partial charge in [0, 0.05) is 85.8 Å². The number of benzene rings is 10. The molecule has 314 valence electrons. The van der Waals surface area contributed by atoms with E-state index in [0.717, 1.165) is 34.2 Å². The highest BCUT2D eigenvalue weighted by molar-refractivity contribution is 7.26. The first-order valence-electron chi connectivity index (χ1n) is 23.3. The Bertz CT molecular complexity index is 4120. The Labute approximate surface area is 401 Å². The molecule has 0 N–H and O–H groups in total. The van der Waals surface area contributed by atoms with E-state index in [4.69, 9.17) is 4.74 Å². The Kier molecular flexibility index (Phi) is 7.51. The largest absolute Gasteiger partial charge is 0.458 e. The van der Waals surface area contributed by atoms with Gasteiger partial charge in [-0.05, 0) is 112 Å². The van der Waals surface area contributed by atoms with Crippen LogP contribution in [0.25, 0.3) is 40.3 Å². The van der Waals surface area contributed by atoms with Gasteiger partial charge in [-0.25, -0.2) is 0 Å². The summed E-state index contributed by atoms with van der Waals surface area (Å²) in [6, 6.07) is 78.8. The van der Waals surface area contributed by atoms with Crippen LogP contribution in [0.5, 0.6) is 11.5 Å². The molecule has 68 heavy (non-hydrogen) atoms. The number of nitrogens with zero attached hydrogens (tertiary/aromatic N) is 3. The molecule has 0 radical (unpaired) electrons. The maximum Gasteiger partial charge on any atom is 0.256 e. The summed E-state index contributed by atoms with van der Waals surface area (Å²) in [6.45, 7) is -0.147. The normalized spacial score (nSPS) is 13.9. The molecular weight excluding hydrogens is 864 g/mol. The van der Waals surface area contributed by atoms with Crippen LogP contribution in [0.15, 0.2) is 212 Å². The highest BCUT2D eigenvalue weighted by atomic mass is 32.1. The van der Waals surface area contributed by atoms with Crippen molar-refractivity contribution in [2.75, 3.05) is 14.7 Å². The zero-order chi connectivity index (χ0) is 44.2. The quantitative estimate of drug-likeness (QED) is 0.164. The zero-order valence-electron chi connectivity index (χ0n) is 36.4. The fourth-order valence-corrected chi connectivity index (χ4v) is 14.5. The van der Waals surface area contributed by atoms with Crippen molar-refractivity contribution in [1.82, 2.24) is 0 Å². The predicted molar refractivity (Wildman–Crippen MR) is 292 cm³/mol. The Morgan fingerprint density at radius 1 is 0.338 bits per heavy atom. The zero-order valence-corrected chi connectivity index (χ0v) is 38.1. The van der Waals surface area contributed by atoms with E-state index in [0.29, 0.717) is 0 Å². The number of hydrogen-bond acceptors (Lipinski definition) is 6. The van der Waals surface area contributed by atoms with Gasteiger partial charge < -0.3 is 19.4 Å². The van der Waals surface area contributed by atoms with Crippen LogP contribution < -0.4 is 52.2 Å². The SMILES string of the molecule is c1ccc(N2c3cc4c(cc3B3c5ccccc5Oc5c3c2cc2sc3ccccc3c52)B2c3ccccc3N(c3ccccc3)c3cc5sc6ccccc6c5c(c32)N4c2ccccc2)cc1. The topological polar surface area (TPSA) is 19.0 Å². The molecule has 0 amide bonds. The third-order valence-electron chi connectivity index (χ3n) is 14.8. The van der Waals surface area contributed by atoms with Crippen molar-refractivity contribution >= 4 is 160 Å². The fourth-order valence-electron chi connectivity index (χ4n) is 12.2. The van der Waals surface area contributed by atoms with E-state index < -0.39 is 0 Å². The predicted octanol–water partition coefficient (Wildman–Crippen LogP) is 12.9. The summed E-state index contributed by atoms with van der Waals surface area (Å²) in [5, 5.41) is 5.02. The second-order valence-electron chi connectivity index (χ2n) is 18.3. The van der Waals surface area contributed by atoms with E-state index >= 15 is 0 Å². The Morgan fingerprint density at radius 3 is 1.50 bits per heavy atom. The maximum atomic E-state index is 7.24. The molecule has 0 spiro atoms. The van der Waals surface area contributed by atoms with Crippen molar-refractivity contribution < 1.29 is 4.74 Å². The van der Waals surface area contributed by atoms with Gasteiger partial charge in [0.25, 0.3) is 13.4 Å². The molecule has 0 aliphatic carbocycles.